The van der Waals surface area contributed by atoms with E-state index in [0.29, 0.717) is 12.5 Å². The average Bonchev–Trinajstić information content (AvgIpc) is 2.90. The second-order valence-corrected chi connectivity index (χ2v) is 7.89. The zero-order valence-corrected chi connectivity index (χ0v) is 16.6. The summed E-state index contributed by atoms with van der Waals surface area (Å²) in [6.45, 7) is 9.62. The molecule has 1 amide bonds. The van der Waals surface area contributed by atoms with Crippen molar-refractivity contribution in [2.75, 3.05) is 32.7 Å². The number of nitrogens with zero attached hydrogens (tertiary/aromatic N) is 5. The molecule has 1 aromatic rings. The van der Waals surface area contributed by atoms with Gasteiger partial charge in [0.15, 0.2) is 0 Å². The third-order valence-corrected chi connectivity index (χ3v) is 5.71. The van der Waals surface area contributed by atoms with E-state index in [-0.39, 0.29) is 5.91 Å². The Morgan fingerprint density at radius 3 is 2.65 bits per heavy atom. The second-order valence-electron chi connectivity index (χ2n) is 7.89. The lowest BCUT2D eigenvalue weighted by Gasteiger charge is -2.33. The lowest BCUT2D eigenvalue weighted by Crippen LogP contribution is -2.44. The fourth-order valence-electron chi connectivity index (χ4n) is 4.41. The Balaban J connectivity index is 1.62. The summed E-state index contributed by atoms with van der Waals surface area (Å²) in [5.74, 6) is 3.04. The Morgan fingerprint density at radius 1 is 1.08 bits per heavy atom. The van der Waals surface area contributed by atoms with Crippen LogP contribution in [0.25, 0.3) is 0 Å². The number of likely N-dealkylation sites (tertiary alicyclic amines) is 1. The maximum absolute atomic E-state index is 12.7. The van der Waals surface area contributed by atoms with Gasteiger partial charge in [-0.3, -0.25) is 9.69 Å². The largest absolute Gasteiger partial charge is 0.342 e. The molecule has 6 heteroatoms. The fraction of sp³-hybridized carbons (Fsp3) is 0.850. The number of carbonyl (C=O) groups is 1. The van der Waals surface area contributed by atoms with Gasteiger partial charge >= 0.3 is 0 Å². The number of fused-ring (bicyclic) bond motifs is 1. The zero-order chi connectivity index (χ0) is 18.4. The van der Waals surface area contributed by atoms with E-state index in [1.807, 2.05) is 4.90 Å². The van der Waals surface area contributed by atoms with Crippen LogP contribution in [0.15, 0.2) is 0 Å². The molecule has 0 radical (unpaired) electrons. The molecule has 6 nitrogen and oxygen atoms in total. The first-order chi connectivity index (χ1) is 12.7. The Bertz CT molecular complexity index is 579. The van der Waals surface area contributed by atoms with Crippen LogP contribution in [0.5, 0.6) is 0 Å². The highest BCUT2D eigenvalue weighted by Gasteiger charge is 2.28. The molecule has 1 saturated heterocycles. The molecule has 2 aliphatic heterocycles. The highest BCUT2D eigenvalue weighted by molar-refractivity contribution is 5.78. The first-order valence-corrected chi connectivity index (χ1v) is 10.6. The van der Waals surface area contributed by atoms with Crippen molar-refractivity contribution in [1.82, 2.24) is 24.6 Å². The number of hydrogen-bond acceptors (Lipinski definition) is 4. The lowest BCUT2D eigenvalue weighted by molar-refractivity contribution is -0.132. The quantitative estimate of drug-likeness (QED) is 0.749. The van der Waals surface area contributed by atoms with E-state index in [4.69, 9.17) is 0 Å². The van der Waals surface area contributed by atoms with E-state index in [1.54, 1.807) is 0 Å². The highest BCUT2D eigenvalue weighted by Crippen LogP contribution is 2.28. The Hall–Kier alpha value is -1.43. The van der Waals surface area contributed by atoms with Gasteiger partial charge < -0.3 is 9.47 Å². The maximum Gasteiger partial charge on any atom is 0.236 e. The van der Waals surface area contributed by atoms with Gasteiger partial charge in [-0.05, 0) is 45.1 Å². The summed E-state index contributed by atoms with van der Waals surface area (Å²) in [5, 5.41) is 9.04. The molecule has 0 saturated carbocycles. The minimum absolute atomic E-state index is 0.287. The van der Waals surface area contributed by atoms with Crippen molar-refractivity contribution in [2.24, 2.45) is 0 Å². The van der Waals surface area contributed by atoms with Crippen LogP contribution in [0.2, 0.25) is 0 Å². The van der Waals surface area contributed by atoms with Gasteiger partial charge in [0.1, 0.15) is 11.6 Å². The average molecular weight is 362 g/mol. The van der Waals surface area contributed by atoms with Crippen LogP contribution in [-0.4, -0.2) is 63.2 Å². The molecule has 0 N–H and O–H groups in total. The van der Waals surface area contributed by atoms with Crippen LogP contribution >= 0.6 is 0 Å². The molecule has 3 rings (SSSR count). The van der Waals surface area contributed by atoms with Crippen molar-refractivity contribution < 1.29 is 4.79 Å². The topological polar surface area (TPSA) is 54.3 Å². The minimum atomic E-state index is 0.287. The highest BCUT2D eigenvalue weighted by atomic mass is 16.2. The molecule has 1 fully saturated rings. The lowest BCUT2D eigenvalue weighted by atomic mass is 9.97. The molecule has 26 heavy (non-hydrogen) atoms. The van der Waals surface area contributed by atoms with E-state index in [0.717, 1.165) is 70.7 Å². The predicted molar refractivity (Wildman–Crippen MR) is 103 cm³/mol. The summed E-state index contributed by atoms with van der Waals surface area (Å²) < 4.78 is 2.38. The molecule has 0 bridgehead atoms. The predicted octanol–water partition coefficient (Wildman–Crippen LogP) is 2.83. The van der Waals surface area contributed by atoms with Crippen LogP contribution in [0.4, 0.5) is 0 Å². The smallest absolute Gasteiger partial charge is 0.236 e. The van der Waals surface area contributed by atoms with Gasteiger partial charge in [0.25, 0.3) is 0 Å². The molecule has 2 aliphatic rings. The minimum Gasteiger partial charge on any atom is -0.342 e. The molecule has 0 unspecified atom stereocenters. The Kier molecular flexibility index (Phi) is 7.06. The number of hydrogen-bond donors (Lipinski definition) is 0. The van der Waals surface area contributed by atoms with Gasteiger partial charge in [-0.25, -0.2) is 0 Å². The van der Waals surface area contributed by atoms with Gasteiger partial charge in [0, 0.05) is 38.5 Å². The van der Waals surface area contributed by atoms with Crippen molar-refractivity contribution in [2.45, 2.75) is 77.7 Å². The van der Waals surface area contributed by atoms with Crippen LogP contribution in [0, 0.1) is 0 Å². The number of aromatic nitrogens is 3. The first-order valence-electron chi connectivity index (χ1n) is 10.6. The molecule has 1 aromatic heterocycles. The number of rotatable bonds is 7. The third-order valence-electron chi connectivity index (χ3n) is 5.71. The van der Waals surface area contributed by atoms with E-state index >= 15 is 0 Å². The summed E-state index contributed by atoms with van der Waals surface area (Å²) in [5.41, 5.74) is 0. The van der Waals surface area contributed by atoms with Gasteiger partial charge in [0.05, 0.1) is 6.54 Å². The monoisotopic (exact) mass is 361 g/mol. The van der Waals surface area contributed by atoms with Crippen LogP contribution in [0.1, 0.15) is 76.4 Å². The normalized spacial score (nSPS) is 21.2. The number of carbonyl (C=O) groups excluding carboxylic acids is 1. The zero-order valence-electron chi connectivity index (χ0n) is 16.6. The molecular formula is C20H35N5O. The Morgan fingerprint density at radius 2 is 1.88 bits per heavy atom. The molecule has 3 heterocycles. The van der Waals surface area contributed by atoms with E-state index in [2.05, 4.69) is 33.5 Å². The standard InChI is InChI=1S/C20H35N5O/c1-3-11-24(12-4-2)19(26)16-23-13-8-9-17(15-23)20-22-21-18-10-6-5-7-14-25(18)20/h17H,3-16H2,1-2H3/t17-/m0/s1. The Labute approximate surface area is 157 Å². The molecule has 0 spiro atoms. The SMILES string of the molecule is CCCN(CCC)C(=O)CN1CCC[C@H](c2nnc3n2CCCCC3)C1. The van der Waals surface area contributed by atoms with Gasteiger partial charge in [-0.15, -0.1) is 10.2 Å². The van der Waals surface area contributed by atoms with E-state index in [1.165, 1.54) is 25.1 Å². The molecule has 1 atom stereocenters. The summed E-state index contributed by atoms with van der Waals surface area (Å²) in [6, 6.07) is 0. The van der Waals surface area contributed by atoms with Gasteiger partial charge in [-0.1, -0.05) is 20.3 Å². The van der Waals surface area contributed by atoms with Crippen molar-refractivity contribution in [1.29, 1.82) is 0 Å². The molecule has 0 aliphatic carbocycles. The summed E-state index contributed by atoms with van der Waals surface area (Å²) >= 11 is 0. The number of amides is 1. The summed E-state index contributed by atoms with van der Waals surface area (Å²) in [7, 11) is 0. The van der Waals surface area contributed by atoms with Crippen molar-refractivity contribution in [3.05, 3.63) is 11.6 Å². The molecular weight excluding hydrogens is 326 g/mol. The van der Waals surface area contributed by atoms with Crippen LogP contribution < -0.4 is 0 Å². The van der Waals surface area contributed by atoms with Crippen LogP contribution in [0.3, 0.4) is 0 Å². The maximum atomic E-state index is 12.7. The second kappa shape index (κ2) is 9.49. The number of aryl methyl sites for hydroxylation is 1. The van der Waals surface area contributed by atoms with Gasteiger partial charge in [0.2, 0.25) is 5.91 Å². The van der Waals surface area contributed by atoms with Crippen molar-refractivity contribution in [3.8, 4) is 0 Å². The van der Waals surface area contributed by atoms with E-state index in [9.17, 15) is 4.79 Å². The van der Waals surface area contributed by atoms with Crippen molar-refractivity contribution in [3.63, 3.8) is 0 Å². The fourth-order valence-corrected chi connectivity index (χ4v) is 4.41. The first kappa shape index (κ1) is 19.3. The summed E-state index contributed by atoms with van der Waals surface area (Å²) in [6.07, 6.45) is 9.17. The summed E-state index contributed by atoms with van der Waals surface area (Å²) in [4.78, 5) is 17.1. The third kappa shape index (κ3) is 4.64. The van der Waals surface area contributed by atoms with E-state index < -0.39 is 0 Å². The number of piperidine rings is 1. The molecule has 0 aromatic carbocycles. The van der Waals surface area contributed by atoms with Crippen molar-refractivity contribution >= 4 is 5.91 Å². The molecule has 146 valence electrons. The van der Waals surface area contributed by atoms with Crippen LogP contribution in [-0.2, 0) is 17.8 Å². The van der Waals surface area contributed by atoms with Gasteiger partial charge in [-0.2, -0.15) is 0 Å².